The maximum atomic E-state index is 10.1. The fraction of sp³-hybridized carbons (Fsp3) is 0.394. The van der Waals surface area contributed by atoms with Gasteiger partial charge in [0.05, 0.1) is 39.5 Å². The fourth-order valence-electron chi connectivity index (χ4n) is 6.40. The Bertz CT molecular complexity index is 1410. The van der Waals surface area contributed by atoms with Crippen LogP contribution in [0.15, 0.2) is 85.1 Å². The minimum atomic E-state index is -2.10. The molecule has 0 saturated carbocycles. The molecule has 41 heavy (non-hydrogen) atoms. The fourth-order valence-corrected chi connectivity index (χ4v) is 9.90. The Labute approximate surface area is 244 Å². The van der Waals surface area contributed by atoms with Gasteiger partial charge in [0.15, 0.2) is 0 Å². The largest absolute Gasteiger partial charge is 0.497 e. The monoisotopic (exact) mass is 571 g/mol. The first-order valence-electron chi connectivity index (χ1n) is 14.4. The zero-order chi connectivity index (χ0) is 29.0. The van der Waals surface area contributed by atoms with E-state index in [1.807, 2.05) is 53.3 Å². The molecule has 0 radical (unpaired) electrons. The van der Waals surface area contributed by atoms with Gasteiger partial charge in [-0.3, -0.25) is 4.68 Å². The molecule has 3 aromatic carbocycles. The van der Waals surface area contributed by atoms with Crippen molar-refractivity contribution in [3.8, 4) is 11.5 Å². The second-order valence-electron chi connectivity index (χ2n) is 11.5. The number of hydrogen-bond acceptors (Lipinski definition) is 6. The Morgan fingerprint density at radius 2 is 1.68 bits per heavy atom. The Morgan fingerprint density at radius 1 is 0.976 bits per heavy atom. The lowest BCUT2D eigenvalue weighted by Crippen LogP contribution is -2.54. The number of benzene rings is 3. The molecule has 4 aromatic rings. The molecule has 2 heterocycles. The van der Waals surface area contributed by atoms with Gasteiger partial charge in [0, 0.05) is 31.3 Å². The van der Waals surface area contributed by atoms with Gasteiger partial charge in [-0.1, -0.05) is 91.1 Å². The molecule has 0 fully saturated rings. The quantitative estimate of drug-likeness (QED) is 0.237. The Kier molecular flexibility index (Phi) is 8.92. The summed E-state index contributed by atoms with van der Waals surface area (Å²) in [4.78, 5) is 0. The van der Waals surface area contributed by atoms with E-state index in [1.54, 1.807) is 14.2 Å². The molecule has 0 spiro atoms. The van der Waals surface area contributed by atoms with Crippen molar-refractivity contribution >= 4 is 13.3 Å². The number of aliphatic hydroxyl groups is 1. The number of aryl methyl sites for hydroxylation is 1. The van der Waals surface area contributed by atoms with E-state index < -0.39 is 8.07 Å². The Morgan fingerprint density at radius 3 is 2.37 bits per heavy atom. The lowest BCUT2D eigenvalue weighted by atomic mass is 9.86. The predicted octanol–water partition coefficient (Wildman–Crippen LogP) is 5.57. The van der Waals surface area contributed by atoms with E-state index in [1.165, 1.54) is 5.19 Å². The van der Waals surface area contributed by atoms with Crippen molar-refractivity contribution in [2.24, 2.45) is 5.92 Å². The molecule has 1 aliphatic heterocycles. The Hall–Kier alpha value is -3.46. The molecule has 7 nitrogen and oxygen atoms in total. The van der Waals surface area contributed by atoms with E-state index in [0.717, 1.165) is 34.7 Å². The topological polar surface area (TPSA) is 78.6 Å². The number of methoxy groups -OCH3 is 2. The van der Waals surface area contributed by atoms with Crippen LogP contribution in [-0.2, 0) is 11.3 Å². The van der Waals surface area contributed by atoms with Gasteiger partial charge in [0.2, 0.25) is 0 Å². The number of aromatic nitrogens is 3. The van der Waals surface area contributed by atoms with Crippen LogP contribution in [0.1, 0.15) is 42.2 Å². The van der Waals surface area contributed by atoms with Crippen LogP contribution in [0.4, 0.5) is 0 Å². The van der Waals surface area contributed by atoms with E-state index in [9.17, 15) is 5.11 Å². The number of ether oxygens (including phenoxy) is 3. The first-order chi connectivity index (χ1) is 19.9. The lowest BCUT2D eigenvalue weighted by Gasteiger charge is -2.45. The summed E-state index contributed by atoms with van der Waals surface area (Å²) in [6.45, 7) is 7.79. The first-order valence-corrected chi connectivity index (χ1v) is 17.4. The van der Waals surface area contributed by atoms with Crippen molar-refractivity contribution in [2.45, 2.75) is 56.7 Å². The second kappa shape index (κ2) is 12.6. The molecule has 8 heteroatoms. The number of fused-ring (bicyclic) bond motifs is 1. The summed E-state index contributed by atoms with van der Waals surface area (Å²) in [5.41, 5.74) is 3.17. The van der Waals surface area contributed by atoms with Crippen molar-refractivity contribution in [1.29, 1.82) is 0 Å². The smallest absolute Gasteiger partial charge is 0.125 e. The van der Waals surface area contributed by atoms with Crippen LogP contribution < -0.4 is 14.7 Å². The molecule has 5 rings (SSSR count). The summed E-state index contributed by atoms with van der Waals surface area (Å²) in [7, 11) is 1.39. The summed E-state index contributed by atoms with van der Waals surface area (Å²) < 4.78 is 20.3. The molecule has 5 atom stereocenters. The normalized spacial score (nSPS) is 20.1. The molecule has 1 aromatic heterocycles. The highest BCUT2D eigenvalue weighted by atomic mass is 28.3. The third kappa shape index (κ3) is 5.96. The highest BCUT2D eigenvalue weighted by Gasteiger charge is 2.47. The van der Waals surface area contributed by atoms with Gasteiger partial charge in [-0.2, -0.15) is 0 Å². The van der Waals surface area contributed by atoms with Crippen LogP contribution in [-0.4, -0.2) is 55.1 Å². The van der Waals surface area contributed by atoms with Crippen LogP contribution in [0.5, 0.6) is 11.5 Å². The van der Waals surface area contributed by atoms with E-state index in [2.05, 4.69) is 66.7 Å². The summed E-state index contributed by atoms with van der Waals surface area (Å²) in [6.07, 6.45) is 2.78. The highest BCUT2D eigenvalue weighted by molar-refractivity contribution is 6.91. The van der Waals surface area contributed by atoms with Crippen LogP contribution in [0.25, 0.3) is 0 Å². The first kappa shape index (κ1) is 29.0. The summed E-state index contributed by atoms with van der Waals surface area (Å²) in [5, 5.41) is 20.4. The molecular weight excluding hydrogens is 530 g/mol. The number of para-hydroxylation sites is 1. The highest BCUT2D eigenvalue weighted by Crippen LogP contribution is 2.47. The number of nitrogens with zero attached hydrogens (tertiary/aromatic N) is 3. The van der Waals surface area contributed by atoms with Crippen LogP contribution in [0.3, 0.4) is 0 Å². The predicted molar refractivity (Wildman–Crippen MR) is 164 cm³/mol. The molecule has 216 valence electrons. The van der Waals surface area contributed by atoms with Gasteiger partial charge in [-0.05, 0) is 35.7 Å². The average molecular weight is 572 g/mol. The third-order valence-electron chi connectivity index (χ3n) is 8.86. The van der Waals surface area contributed by atoms with E-state index in [0.29, 0.717) is 6.54 Å². The van der Waals surface area contributed by atoms with E-state index >= 15 is 0 Å². The summed E-state index contributed by atoms with van der Waals surface area (Å²) in [6, 6.07) is 26.8. The maximum Gasteiger partial charge on any atom is 0.125 e. The van der Waals surface area contributed by atoms with Gasteiger partial charge in [0.1, 0.15) is 17.6 Å². The van der Waals surface area contributed by atoms with Gasteiger partial charge >= 0.3 is 0 Å². The van der Waals surface area contributed by atoms with E-state index in [-0.39, 0.29) is 36.2 Å². The Balaban J connectivity index is 1.45. The number of aliphatic hydroxyl groups excluding tert-OH is 1. The van der Waals surface area contributed by atoms with Gasteiger partial charge < -0.3 is 19.3 Å². The molecule has 0 amide bonds. The molecule has 0 bridgehead atoms. The van der Waals surface area contributed by atoms with Crippen LogP contribution in [0, 0.1) is 5.92 Å². The summed E-state index contributed by atoms with van der Waals surface area (Å²) in [5.74, 6) is 1.72. The molecule has 2 unspecified atom stereocenters. The van der Waals surface area contributed by atoms with Crippen molar-refractivity contribution in [2.75, 3.05) is 20.8 Å². The third-order valence-corrected chi connectivity index (χ3v) is 13.2. The average Bonchev–Trinajstić information content (AvgIpc) is 3.47. The lowest BCUT2D eigenvalue weighted by molar-refractivity contribution is -0.0234. The minimum Gasteiger partial charge on any atom is -0.497 e. The van der Waals surface area contributed by atoms with Crippen LogP contribution >= 0.6 is 0 Å². The van der Waals surface area contributed by atoms with Crippen LogP contribution in [0.2, 0.25) is 18.6 Å². The maximum absolute atomic E-state index is 10.1. The zero-order valence-corrected chi connectivity index (χ0v) is 25.6. The standard InChI is InChI=1S/C33H41N3O4Si/c1-23-32(39-3)27-13-9-10-14-30(27)40-33(23)31(41(4,5)26-17-15-25(38-2)16-18-26)19-20-36-21-29(34-35-36)28(22-37)24-11-7-6-8-12-24/h6-18,21,23,28,31-33,37H,19-20,22H2,1-5H3/t23-,28?,31?,32-,33-/m1/s1. The zero-order valence-electron chi connectivity index (χ0n) is 24.6. The van der Waals surface area contributed by atoms with Crippen molar-refractivity contribution < 1.29 is 19.3 Å². The van der Waals surface area contributed by atoms with Gasteiger partial charge in [-0.25, -0.2) is 0 Å². The van der Waals surface area contributed by atoms with Gasteiger partial charge in [-0.15, -0.1) is 5.10 Å². The minimum absolute atomic E-state index is 0.0199. The number of hydrogen-bond donors (Lipinski definition) is 1. The molecule has 1 aliphatic rings. The SMILES string of the molecule is COc1ccc([Si](C)(C)C(CCn2cc(C(CO)c3ccccc3)nn2)[C@@H]2Oc3ccccc3[C@H](OC)[C@H]2C)cc1. The molecule has 0 aliphatic carbocycles. The number of rotatable bonds is 11. The van der Waals surface area contributed by atoms with Gasteiger partial charge in [0.25, 0.3) is 0 Å². The van der Waals surface area contributed by atoms with Crippen molar-refractivity contribution in [3.63, 3.8) is 0 Å². The van der Waals surface area contributed by atoms with Crippen molar-refractivity contribution in [1.82, 2.24) is 15.0 Å². The molecule has 1 N–H and O–H groups in total. The second-order valence-corrected chi connectivity index (χ2v) is 16.3. The van der Waals surface area contributed by atoms with E-state index in [4.69, 9.17) is 14.2 Å². The summed E-state index contributed by atoms with van der Waals surface area (Å²) >= 11 is 0. The molecule has 0 saturated heterocycles. The molecular formula is C33H41N3O4Si. The van der Waals surface area contributed by atoms with Crippen molar-refractivity contribution in [3.05, 3.63) is 102 Å².